The van der Waals surface area contributed by atoms with E-state index in [9.17, 15) is 0 Å². The van der Waals surface area contributed by atoms with E-state index in [4.69, 9.17) is 9.47 Å². The summed E-state index contributed by atoms with van der Waals surface area (Å²) in [6, 6.07) is 0.609. The van der Waals surface area contributed by atoms with Crippen LogP contribution in [0.2, 0.25) is 0 Å². The van der Waals surface area contributed by atoms with Crippen molar-refractivity contribution >= 4 is 5.95 Å². The number of nitrogens with one attached hydrogen (secondary N) is 1. The Morgan fingerprint density at radius 3 is 2.20 bits per heavy atom. The first kappa shape index (κ1) is 16.5. The van der Waals surface area contributed by atoms with E-state index in [1.165, 1.54) is 0 Å². The van der Waals surface area contributed by atoms with E-state index < -0.39 is 0 Å². The van der Waals surface area contributed by atoms with Crippen molar-refractivity contribution in [3.8, 4) is 12.0 Å². The van der Waals surface area contributed by atoms with Crippen molar-refractivity contribution in [1.82, 2.24) is 15.0 Å². The first-order valence-electron chi connectivity index (χ1n) is 7.20. The molecule has 114 valence electrons. The summed E-state index contributed by atoms with van der Waals surface area (Å²) in [6.45, 7) is 12.4. The molecule has 1 heterocycles. The third-order valence-corrected chi connectivity index (χ3v) is 2.48. The molecule has 0 aromatic carbocycles. The van der Waals surface area contributed by atoms with E-state index in [1.807, 2.05) is 6.92 Å². The van der Waals surface area contributed by atoms with Gasteiger partial charge in [0.25, 0.3) is 0 Å². The minimum atomic E-state index is 0.221. The third-order valence-electron chi connectivity index (χ3n) is 2.48. The zero-order valence-electron chi connectivity index (χ0n) is 13.2. The average Bonchev–Trinajstić information content (AvgIpc) is 2.35. The second kappa shape index (κ2) is 7.87. The summed E-state index contributed by atoms with van der Waals surface area (Å²) in [5.41, 5.74) is 0.221. The van der Waals surface area contributed by atoms with E-state index in [0.717, 1.165) is 19.4 Å². The highest BCUT2D eigenvalue weighted by Crippen LogP contribution is 2.19. The highest BCUT2D eigenvalue weighted by molar-refractivity contribution is 5.27. The van der Waals surface area contributed by atoms with Gasteiger partial charge in [-0.15, -0.1) is 4.98 Å². The normalized spacial score (nSPS) is 11.2. The molecule has 0 radical (unpaired) electrons. The molecule has 0 aliphatic carbocycles. The van der Waals surface area contributed by atoms with E-state index in [0.29, 0.717) is 31.2 Å². The van der Waals surface area contributed by atoms with Crippen LogP contribution in [-0.4, -0.2) is 34.7 Å². The lowest BCUT2D eigenvalue weighted by molar-refractivity contribution is 0.223. The van der Waals surface area contributed by atoms with E-state index in [2.05, 4.69) is 48.0 Å². The molecule has 0 atom stereocenters. The van der Waals surface area contributed by atoms with Gasteiger partial charge in [-0.05, 0) is 25.2 Å². The molecule has 0 fully saturated rings. The molecule has 1 rings (SSSR count). The summed E-state index contributed by atoms with van der Waals surface area (Å²) >= 11 is 0. The summed E-state index contributed by atoms with van der Waals surface area (Å²) in [6.07, 6.45) is 1.93. The number of ether oxygens (including phenoxy) is 2. The smallest absolute Gasteiger partial charge is 0.324 e. The van der Waals surface area contributed by atoms with Crippen LogP contribution in [-0.2, 0) is 0 Å². The Bertz CT molecular complexity index is 405. The molecule has 6 nitrogen and oxygen atoms in total. The lowest BCUT2D eigenvalue weighted by Crippen LogP contribution is -2.14. The number of nitrogens with zero attached hydrogens (tertiary/aromatic N) is 3. The Labute approximate surface area is 121 Å². The van der Waals surface area contributed by atoms with Crippen LogP contribution in [0.15, 0.2) is 0 Å². The molecule has 0 bridgehead atoms. The van der Waals surface area contributed by atoms with Crippen molar-refractivity contribution in [2.45, 2.75) is 47.5 Å². The van der Waals surface area contributed by atoms with Gasteiger partial charge in [0, 0.05) is 6.54 Å². The van der Waals surface area contributed by atoms with Crippen LogP contribution >= 0.6 is 0 Å². The maximum Gasteiger partial charge on any atom is 0.324 e. The van der Waals surface area contributed by atoms with Crippen LogP contribution in [0.4, 0.5) is 5.95 Å². The van der Waals surface area contributed by atoms with Crippen LogP contribution < -0.4 is 14.8 Å². The van der Waals surface area contributed by atoms with Gasteiger partial charge in [-0.2, -0.15) is 9.97 Å². The zero-order chi connectivity index (χ0) is 15.0. The highest BCUT2D eigenvalue weighted by atomic mass is 16.5. The van der Waals surface area contributed by atoms with Crippen molar-refractivity contribution in [2.24, 2.45) is 5.41 Å². The molecular formula is C14H26N4O2. The van der Waals surface area contributed by atoms with Gasteiger partial charge >= 0.3 is 12.0 Å². The van der Waals surface area contributed by atoms with Gasteiger partial charge in [-0.1, -0.05) is 27.7 Å². The molecule has 20 heavy (non-hydrogen) atoms. The van der Waals surface area contributed by atoms with Crippen LogP contribution in [0, 0.1) is 5.41 Å². The van der Waals surface area contributed by atoms with Crippen molar-refractivity contribution in [1.29, 1.82) is 0 Å². The number of hydrogen-bond acceptors (Lipinski definition) is 6. The standard InChI is InChI=1S/C14H26N4O2/c1-6-9-15-11-16-12(19-7-2)18-13(17-11)20-10-8-14(3,4)5/h6-10H2,1-5H3,(H,15,16,17,18). The number of hydrogen-bond donors (Lipinski definition) is 1. The van der Waals surface area contributed by atoms with E-state index in [1.54, 1.807) is 0 Å². The van der Waals surface area contributed by atoms with Gasteiger partial charge < -0.3 is 14.8 Å². The maximum absolute atomic E-state index is 5.61. The Morgan fingerprint density at radius 1 is 1.00 bits per heavy atom. The molecule has 0 saturated heterocycles. The number of aromatic nitrogens is 3. The molecule has 0 aliphatic heterocycles. The molecular weight excluding hydrogens is 256 g/mol. The Balaban J connectivity index is 2.69. The van der Waals surface area contributed by atoms with Crippen molar-refractivity contribution in [3.63, 3.8) is 0 Å². The van der Waals surface area contributed by atoms with Crippen LogP contribution in [0.5, 0.6) is 12.0 Å². The van der Waals surface area contributed by atoms with Gasteiger partial charge in [-0.3, -0.25) is 0 Å². The predicted molar refractivity (Wildman–Crippen MR) is 79.3 cm³/mol. The minimum Gasteiger partial charge on any atom is -0.464 e. The molecule has 0 aliphatic rings. The van der Waals surface area contributed by atoms with Gasteiger partial charge in [0.2, 0.25) is 5.95 Å². The van der Waals surface area contributed by atoms with Gasteiger partial charge in [0.15, 0.2) is 0 Å². The lowest BCUT2D eigenvalue weighted by Gasteiger charge is -2.17. The molecule has 1 N–H and O–H groups in total. The molecule has 1 aromatic heterocycles. The summed E-state index contributed by atoms with van der Waals surface area (Å²) in [5.74, 6) is 0.496. The van der Waals surface area contributed by atoms with Crippen LogP contribution in [0.1, 0.15) is 47.5 Å². The van der Waals surface area contributed by atoms with Crippen LogP contribution in [0.25, 0.3) is 0 Å². The Hall–Kier alpha value is -1.59. The summed E-state index contributed by atoms with van der Waals surface area (Å²) in [5, 5.41) is 3.12. The molecule has 0 unspecified atom stereocenters. The first-order chi connectivity index (χ1) is 9.44. The van der Waals surface area contributed by atoms with Gasteiger partial charge in [-0.25, -0.2) is 0 Å². The van der Waals surface area contributed by atoms with Crippen molar-refractivity contribution in [2.75, 3.05) is 25.1 Å². The SMILES string of the molecule is CCCNc1nc(OCC)nc(OCCC(C)(C)C)n1. The van der Waals surface area contributed by atoms with Crippen molar-refractivity contribution in [3.05, 3.63) is 0 Å². The average molecular weight is 282 g/mol. The second-order valence-electron chi connectivity index (χ2n) is 5.74. The van der Waals surface area contributed by atoms with Gasteiger partial charge in [0.05, 0.1) is 13.2 Å². The summed E-state index contributed by atoms with van der Waals surface area (Å²) in [4.78, 5) is 12.6. The molecule has 0 saturated carbocycles. The number of rotatable bonds is 8. The van der Waals surface area contributed by atoms with E-state index >= 15 is 0 Å². The maximum atomic E-state index is 5.61. The lowest BCUT2D eigenvalue weighted by atomic mass is 9.93. The Kier molecular flexibility index (Phi) is 6.48. The zero-order valence-corrected chi connectivity index (χ0v) is 13.2. The monoisotopic (exact) mass is 282 g/mol. The Morgan fingerprint density at radius 2 is 1.65 bits per heavy atom. The fraction of sp³-hybridized carbons (Fsp3) is 0.786. The largest absolute Gasteiger partial charge is 0.464 e. The fourth-order valence-electron chi connectivity index (χ4n) is 1.36. The third kappa shape index (κ3) is 6.54. The minimum absolute atomic E-state index is 0.221. The van der Waals surface area contributed by atoms with Gasteiger partial charge in [0.1, 0.15) is 0 Å². The predicted octanol–water partition coefficient (Wildman–Crippen LogP) is 2.91. The quantitative estimate of drug-likeness (QED) is 0.790. The topological polar surface area (TPSA) is 69.2 Å². The molecule has 6 heteroatoms. The molecule has 0 amide bonds. The first-order valence-corrected chi connectivity index (χ1v) is 7.20. The fourth-order valence-corrected chi connectivity index (χ4v) is 1.36. The summed E-state index contributed by atoms with van der Waals surface area (Å²) < 4.78 is 10.9. The van der Waals surface area contributed by atoms with E-state index in [-0.39, 0.29) is 5.41 Å². The highest BCUT2D eigenvalue weighted by Gasteiger charge is 2.12. The van der Waals surface area contributed by atoms with Crippen molar-refractivity contribution < 1.29 is 9.47 Å². The second-order valence-corrected chi connectivity index (χ2v) is 5.74. The summed E-state index contributed by atoms with van der Waals surface area (Å²) in [7, 11) is 0. The number of anilines is 1. The molecule has 1 aromatic rings. The molecule has 0 spiro atoms. The van der Waals surface area contributed by atoms with Crippen LogP contribution in [0.3, 0.4) is 0 Å².